The molecular weight excluding hydrogens is 319 g/mol. The molecule has 1 fully saturated rings. The number of halogens is 1. The maximum absolute atomic E-state index is 11.2. The Hall–Kier alpha value is -0.100. The Morgan fingerprint density at radius 3 is 2.81 bits per heavy atom. The zero-order chi connectivity index (χ0) is 12.1. The van der Waals surface area contributed by atoms with Crippen LogP contribution in [-0.2, 0) is 14.3 Å². The van der Waals surface area contributed by atoms with Gasteiger partial charge in [-0.2, -0.15) is 0 Å². The summed E-state index contributed by atoms with van der Waals surface area (Å²) < 4.78 is 12.7. The van der Waals surface area contributed by atoms with Crippen LogP contribution in [0.1, 0.15) is 33.1 Å². The number of carbonyl (C=O) groups is 1. The highest BCUT2D eigenvalue weighted by molar-refractivity contribution is 14.1. The fourth-order valence-corrected chi connectivity index (χ4v) is 2.40. The first-order valence-electron chi connectivity index (χ1n) is 5.57. The molecule has 0 aromatic rings. The van der Waals surface area contributed by atoms with E-state index in [0.717, 1.165) is 12.8 Å². The van der Waals surface area contributed by atoms with Crippen molar-refractivity contribution in [2.45, 2.75) is 45.3 Å². The van der Waals surface area contributed by atoms with E-state index >= 15 is 0 Å². The fourth-order valence-electron chi connectivity index (χ4n) is 2.05. The molecule has 0 aromatic carbocycles. The lowest BCUT2D eigenvalue weighted by molar-refractivity contribution is -0.147. The van der Waals surface area contributed by atoms with Crippen molar-refractivity contribution in [3.05, 3.63) is 9.66 Å². The maximum Gasteiger partial charge on any atom is 0.308 e. The summed E-state index contributed by atoms with van der Waals surface area (Å²) >= 11 is 2.23. The van der Waals surface area contributed by atoms with Crippen molar-refractivity contribution in [2.24, 2.45) is 5.92 Å². The molecule has 0 saturated carbocycles. The molecule has 1 rings (SSSR count). The first-order valence-corrected chi connectivity index (χ1v) is 6.82. The minimum atomic E-state index is -0.186. The average Bonchev–Trinajstić information content (AvgIpc) is 2.30. The highest BCUT2D eigenvalue weighted by Gasteiger charge is 2.30. The molecular formula is C12H19IO3. The summed E-state index contributed by atoms with van der Waals surface area (Å²) in [7, 11) is 1.42. The number of methoxy groups -OCH3 is 1. The summed E-state index contributed by atoms with van der Waals surface area (Å²) in [6, 6.07) is 0. The molecule has 0 bridgehead atoms. The van der Waals surface area contributed by atoms with Gasteiger partial charge in [-0.1, -0.05) is 29.5 Å². The average molecular weight is 338 g/mol. The van der Waals surface area contributed by atoms with E-state index < -0.39 is 0 Å². The van der Waals surface area contributed by atoms with Crippen LogP contribution >= 0.6 is 22.6 Å². The second-order valence-electron chi connectivity index (χ2n) is 4.37. The number of hydrogen-bond acceptors (Lipinski definition) is 3. The van der Waals surface area contributed by atoms with E-state index in [4.69, 9.17) is 4.74 Å². The van der Waals surface area contributed by atoms with Crippen LogP contribution in [0, 0.1) is 5.92 Å². The predicted molar refractivity (Wildman–Crippen MR) is 71.5 cm³/mol. The second-order valence-corrected chi connectivity index (χ2v) is 4.99. The molecule has 0 spiro atoms. The molecule has 16 heavy (non-hydrogen) atoms. The summed E-state index contributed by atoms with van der Waals surface area (Å²) in [4.78, 5) is 11.2. The Kier molecular flexibility index (Phi) is 5.75. The SMILES string of the molecule is COC(=O)C[C@H]1CC[C@H](C)[C@@H](/C(C)=C/I)O1. The van der Waals surface area contributed by atoms with Gasteiger partial charge in [0.05, 0.1) is 25.7 Å². The molecule has 0 radical (unpaired) electrons. The molecule has 0 aromatic heterocycles. The molecule has 3 atom stereocenters. The van der Waals surface area contributed by atoms with E-state index in [1.807, 2.05) is 0 Å². The normalized spacial score (nSPS) is 31.2. The molecule has 0 N–H and O–H groups in total. The van der Waals surface area contributed by atoms with Crippen molar-refractivity contribution in [1.82, 2.24) is 0 Å². The third kappa shape index (κ3) is 3.73. The van der Waals surface area contributed by atoms with E-state index in [2.05, 4.69) is 45.3 Å². The van der Waals surface area contributed by atoms with E-state index in [1.54, 1.807) is 0 Å². The number of ether oxygens (including phenoxy) is 2. The van der Waals surface area contributed by atoms with Crippen LogP contribution in [0.2, 0.25) is 0 Å². The van der Waals surface area contributed by atoms with Gasteiger partial charge in [-0.15, -0.1) is 0 Å². The van der Waals surface area contributed by atoms with Crippen molar-refractivity contribution in [1.29, 1.82) is 0 Å². The van der Waals surface area contributed by atoms with E-state index in [0.29, 0.717) is 12.3 Å². The van der Waals surface area contributed by atoms with Crippen molar-refractivity contribution >= 4 is 28.6 Å². The lowest BCUT2D eigenvalue weighted by Crippen LogP contribution is -2.35. The Morgan fingerprint density at radius 1 is 1.56 bits per heavy atom. The Balaban J connectivity index is 2.57. The molecule has 1 saturated heterocycles. The third-order valence-electron chi connectivity index (χ3n) is 3.04. The molecule has 92 valence electrons. The standard InChI is InChI=1S/C12H19IO3/c1-8-4-5-10(6-11(14)15-3)16-12(8)9(2)7-13/h7-8,10,12H,4-6H2,1-3H3/b9-7+/t8-,10+,12-/m0/s1. The van der Waals surface area contributed by atoms with Crippen LogP contribution in [0.4, 0.5) is 0 Å². The Morgan fingerprint density at radius 2 is 2.25 bits per heavy atom. The van der Waals surface area contributed by atoms with Crippen LogP contribution in [0.25, 0.3) is 0 Å². The zero-order valence-corrected chi connectivity index (χ0v) is 12.2. The highest BCUT2D eigenvalue weighted by atomic mass is 127. The largest absolute Gasteiger partial charge is 0.469 e. The molecule has 1 aliphatic heterocycles. The molecule has 1 heterocycles. The lowest BCUT2D eigenvalue weighted by atomic mass is 9.89. The van der Waals surface area contributed by atoms with E-state index in [9.17, 15) is 4.79 Å². The van der Waals surface area contributed by atoms with Gasteiger partial charge in [0.1, 0.15) is 0 Å². The van der Waals surface area contributed by atoms with Gasteiger partial charge in [-0.3, -0.25) is 4.79 Å². The summed E-state index contributed by atoms with van der Waals surface area (Å²) in [6.45, 7) is 4.27. The third-order valence-corrected chi connectivity index (χ3v) is 4.03. The molecule has 0 aliphatic carbocycles. The van der Waals surface area contributed by atoms with Crippen molar-refractivity contribution in [3.63, 3.8) is 0 Å². The minimum absolute atomic E-state index is 0.0138. The van der Waals surface area contributed by atoms with Gasteiger partial charge in [0.15, 0.2) is 0 Å². The van der Waals surface area contributed by atoms with Gasteiger partial charge in [-0.25, -0.2) is 0 Å². The molecule has 4 heteroatoms. The quantitative estimate of drug-likeness (QED) is 0.586. The van der Waals surface area contributed by atoms with Crippen molar-refractivity contribution in [2.75, 3.05) is 7.11 Å². The maximum atomic E-state index is 11.2. The van der Waals surface area contributed by atoms with Gasteiger partial charge in [0.2, 0.25) is 0 Å². The van der Waals surface area contributed by atoms with E-state index in [-0.39, 0.29) is 18.2 Å². The molecule has 3 nitrogen and oxygen atoms in total. The van der Waals surface area contributed by atoms with Crippen LogP contribution < -0.4 is 0 Å². The minimum Gasteiger partial charge on any atom is -0.469 e. The monoisotopic (exact) mass is 338 g/mol. The number of esters is 1. The summed E-state index contributed by atoms with van der Waals surface area (Å²) in [5, 5.41) is 0. The summed E-state index contributed by atoms with van der Waals surface area (Å²) in [6.07, 6.45) is 2.59. The van der Waals surface area contributed by atoms with Crippen molar-refractivity contribution in [3.8, 4) is 0 Å². The topological polar surface area (TPSA) is 35.5 Å². The van der Waals surface area contributed by atoms with Gasteiger partial charge in [0.25, 0.3) is 0 Å². The lowest BCUT2D eigenvalue weighted by Gasteiger charge is -2.35. The second kappa shape index (κ2) is 6.59. The number of rotatable bonds is 3. The number of hydrogen-bond donors (Lipinski definition) is 0. The van der Waals surface area contributed by atoms with Gasteiger partial charge < -0.3 is 9.47 Å². The van der Waals surface area contributed by atoms with Crippen LogP contribution in [0.3, 0.4) is 0 Å². The van der Waals surface area contributed by atoms with Crippen LogP contribution in [-0.4, -0.2) is 25.3 Å². The smallest absolute Gasteiger partial charge is 0.308 e. The number of carbonyl (C=O) groups excluding carboxylic acids is 1. The Bertz CT molecular complexity index is 275. The first-order chi connectivity index (χ1) is 7.58. The van der Waals surface area contributed by atoms with Gasteiger partial charge in [0, 0.05) is 0 Å². The fraction of sp³-hybridized carbons (Fsp3) is 0.750. The Labute approximate surface area is 111 Å². The van der Waals surface area contributed by atoms with Crippen molar-refractivity contribution < 1.29 is 14.3 Å². The first kappa shape index (κ1) is 14.0. The molecule has 0 amide bonds. The van der Waals surface area contributed by atoms with Gasteiger partial charge in [-0.05, 0) is 35.3 Å². The van der Waals surface area contributed by atoms with Crippen LogP contribution in [0.5, 0.6) is 0 Å². The summed E-state index contributed by atoms with van der Waals surface area (Å²) in [5.74, 6) is 0.342. The van der Waals surface area contributed by atoms with Crippen LogP contribution in [0.15, 0.2) is 9.66 Å². The summed E-state index contributed by atoms with van der Waals surface area (Å²) in [5.41, 5.74) is 1.24. The highest BCUT2D eigenvalue weighted by Crippen LogP contribution is 2.30. The zero-order valence-electron chi connectivity index (χ0n) is 10.0. The molecule has 1 aliphatic rings. The van der Waals surface area contributed by atoms with E-state index in [1.165, 1.54) is 12.7 Å². The van der Waals surface area contributed by atoms with Gasteiger partial charge >= 0.3 is 5.97 Å². The molecule has 0 unspecified atom stereocenters. The predicted octanol–water partition coefficient (Wildman–Crippen LogP) is 3.07.